The van der Waals surface area contributed by atoms with E-state index in [0.29, 0.717) is 18.6 Å². The molecule has 0 spiro atoms. The van der Waals surface area contributed by atoms with Crippen LogP contribution in [-0.4, -0.2) is 50.9 Å². The summed E-state index contributed by atoms with van der Waals surface area (Å²) in [5.74, 6) is -0.528. The molecule has 0 aromatic heterocycles. The number of amides is 1. The van der Waals surface area contributed by atoms with Gasteiger partial charge in [0.05, 0.1) is 4.90 Å². The van der Waals surface area contributed by atoms with E-state index in [4.69, 9.17) is 0 Å². The lowest BCUT2D eigenvalue weighted by Crippen LogP contribution is -2.40. The van der Waals surface area contributed by atoms with Gasteiger partial charge in [0, 0.05) is 38.1 Å². The Hall–Kier alpha value is -1.51. The molecule has 0 aliphatic carbocycles. The Kier molecular flexibility index (Phi) is 5.17. The average Bonchev–Trinajstić information content (AvgIpc) is 2.86. The van der Waals surface area contributed by atoms with E-state index in [0.717, 1.165) is 31.5 Å². The van der Waals surface area contributed by atoms with Crippen LogP contribution in [0.5, 0.6) is 0 Å². The van der Waals surface area contributed by atoms with Gasteiger partial charge in [-0.05, 0) is 43.5 Å². The number of sulfonamides is 1. The number of fused-ring (bicyclic) bond motifs is 2. The summed E-state index contributed by atoms with van der Waals surface area (Å²) in [4.78, 5) is 14.1. The Labute approximate surface area is 141 Å². The second kappa shape index (κ2) is 7.16. The summed E-state index contributed by atoms with van der Waals surface area (Å²) < 4.78 is 39.5. The smallest absolute Gasteiger partial charge is 0.240 e. The van der Waals surface area contributed by atoms with Crippen LogP contribution in [0.4, 0.5) is 4.39 Å². The van der Waals surface area contributed by atoms with Crippen LogP contribution >= 0.6 is 0 Å². The Morgan fingerprint density at radius 2 is 1.92 bits per heavy atom. The number of nitrogens with zero attached hydrogens (tertiary/aromatic N) is 1. The van der Waals surface area contributed by atoms with Crippen molar-refractivity contribution in [3.05, 3.63) is 30.1 Å². The summed E-state index contributed by atoms with van der Waals surface area (Å²) in [6.07, 6.45) is 3.33. The van der Waals surface area contributed by atoms with Gasteiger partial charge in [0.2, 0.25) is 15.9 Å². The lowest BCUT2D eigenvalue weighted by atomic mass is 10.1. The maximum atomic E-state index is 12.9. The number of carbonyl (C=O) groups is 1. The summed E-state index contributed by atoms with van der Waals surface area (Å²) in [5, 5.41) is 3.51. The van der Waals surface area contributed by atoms with Gasteiger partial charge in [0.25, 0.3) is 0 Å². The van der Waals surface area contributed by atoms with E-state index in [1.54, 1.807) is 0 Å². The Balaban J connectivity index is 1.50. The van der Waals surface area contributed by atoms with Gasteiger partial charge >= 0.3 is 0 Å². The van der Waals surface area contributed by atoms with Crippen molar-refractivity contribution in [2.75, 3.05) is 19.6 Å². The van der Waals surface area contributed by atoms with E-state index < -0.39 is 15.8 Å². The first-order valence-electron chi connectivity index (χ1n) is 8.23. The van der Waals surface area contributed by atoms with Crippen molar-refractivity contribution in [3.63, 3.8) is 0 Å². The number of halogens is 1. The van der Waals surface area contributed by atoms with E-state index in [-0.39, 0.29) is 23.8 Å². The molecule has 24 heavy (non-hydrogen) atoms. The van der Waals surface area contributed by atoms with Crippen molar-refractivity contribution in [2.45, 2.75) is 42.7 Å². The molecule has 0 radical (unpaired) electrons. The molecule has 1 amide bonds. The molecule has 2 fully saturated rings. The minimum Gasteiger partial charge on any atom is -0.341 e. The summed E-state index contributed by atoms with van der Waals surface area (Å²) in [7, 11) is -3.72. The maximum absolute atomic E-state index is 12.9. The van der Waals surface area contributed by atoms with Crippen LogP contribution in [0.1, 0.15) is 25.7 Å². The van der Waals surface area contributed by atoms with E-state index >= 15 is 0 Å². The molecule has 2 atom stereocenters. The molecular formula is C16H22FN3O3S. The van der Waals surface area contributed by atoms with E-state index in [1.165, 1.54) is 18.6 Å². The second-order valence-corrected chi connectivity index (χ2v) is 8.13. The molecule has 2 N–H and O–H groups in total. The zero-order valence-electron chi connectivity index (χ0n) is 13.4. The zero-order valence-corrected chi connectivity index (χ0v) is 14.2. The van der Waals surface area contributed by atoms with Crippen molar-refractivity contribution in [2.24, 2.45) is 0 Å². The van der Waals surface area contributed by atoms with Crippen LogP contribution < -0.4 is 10.0 Å². The van der Waals surface area contributed by atoms with E-state index in [2.05, 4.69) is 10.0 Å². The number of rotatable bonds is 5. The molecule has 2 unspecified atom stereocenters. The molecule has 8 heteroatoms. The number of hydrogen-bond donors (Lipinski definition) is 2. The van der Waals surface area contributed by atoms with Crippen LogP contribution in [0.15, 0.2) is 29.2 Å². The molecular weight excluding hydrogens is 333 g/mol. The Morgan fingerprint density at radius 1 is 1.21 bits per heavy atom. The van der Waals surface area contributed by atoms with Gasteiger partial charge < -0.3 is 10.2 Å². The number of benzene rings is 1. The molecule has 2 aliphatic rings. The van der Waals surface area contributed by atoms with Gasteiger partial charge in [-0.2, -0.15) is 0 Å². The molecule has 1 aromatic carbocycles. The van der Waals surface area contributed by atoms with Crippen molar-refractivity contribution in [3.8, 4) is 0 Å². The van der Waals surface area contributed by atoms with Crippen molar-refractivity contribution >= 4 is 15.9 Å². The predicted octanol–water partition coefficient (Wildman–Crippen LogP) is 0.847. The summed E-state index contributed by atoms with van der Waals surface area (Å²) in [6.45, 7) is 1.45. The summed E-state index contributed by atoms with van der Waals surface area (Å²) in [6, 6.07) is 5.47. The third-order valence-electron chi connectivity index (χ3n) is 4.63. The van der Waals surface area contributed by atoms with Gasteiger partial charge in [-0.15, -0.1) is 0 Å². The number of likely N-dealkylation sites (tertiary alicyclic amines) is 1. The quantitative estimate of drug-likeness (QED) is 0.821. The number of nitrogens with one attached hydrogen (secondary N) is 2. The highest BCUT2D eigenvalue weighted by Crippen LogP contribution is 2.20. The van der Waals surface area contributed by atoms with E-state index in [1.807, 2.05) is 4.90 Å². The highest BCUT2D eigenvalue weighted by atomic mass is 32.2. The van der Waals surface area contributed by atoms with Crippen LogP contribution in [0.25, 0.3) is 0 Å². The normalized spacial score (nSPS) is 24.0. The molecule has 2 bridgehead atoms. The molecule has 2 aliphatic heterocycles. The molecule has 6 nitrogen and oxygen atoms in total. The SMILES string of the molecule is O=C(CCNS(=O)(=O)c1ccc(F)cc1)N1CCC2CCC(C1)N2. The highest BCUT2D eigenvalue weighted by Gasteiger charge is 2.30. The number of carbonyl (C=O) groups excluding carboxylic acids is 1. The second-order valence-electron chi connectivity index (χ2n) is 6.37. The van der Waals surface area contributed by atoms with Crippen LogP contribution in [0.2, 0.25) is 0 Å². The molecule has 1 aromatic rings. The predicted molar refractivity (Wildman–Crippen MR) is 87.3 cm³/mol. The fraction of sp³-hybridized carbons (Fsp3) is 0.562. The molecule has 132 valence electrons. The van der Waals surface area contributed by atoms with E-state index in [9.17, 15) is 17.6 Å². The molecule has 3 rings (SSSR count). The van der Waals surface area contributed by atoms with Crippen molar-refractivity contribution in [1.82, 2.24) is 14.9 Å². The first-order valence-corrected chi connectivity index (χ1v) is 9.71. The summed E-state index contributed by atoms with van der Waals surface area (Å²) >= 11 is 0. The van der Waals surface area contributed by atoms with Gasteiger partial charge in [0.1, 0.15) is 5.82 Å². The van der Waals surface area contributed by atoms with Gasteiger partial charge in [-0.25, -0.2) is 17.5 Å². The van der Waals surface area contributed by atoms with Crippen LogP contribution in [0.3, 0.4) is 0 Å². The zero-order chi connectivity index (χ0) is 17.2. The maximum Gasteiger partial charge on any atom is 0.240 e. The molecule has 2 heterocycles. The third-order valence-corrected chi connectivity index (χ3v) is 6.11. The average molecular weight is 355 g/mol. The lowest BCUT2D eigenvalue weighted by Gasteiger charge is -2.24. The van der Waals surface area contributed by atoms with Crippen molar-refractivity contribution < 1.29 is 17.6 Å². The third kappa shape index (κ3) is 4.12. The number of hydrogen-bond acceptors (Lipinski definition) is 4. The standard InChI is InChI=1S/C16H22FN3O3S/c17-12-1-5-15(6-2-12)24(22,23)18-9-7-16(21)20-10-8-13-3-4-14(11-20)19-13/h1-2,5-6,13-14,18-19H,3-4,7-11H2. The van der Waals surface area contributed by atoms with Gasteiger partial charge in [0.15, 0.2) is 0 Å². The largest absolute Gasteiger partial charge is 0.341 e. The molecule has 2 saturated heterocycles. The minimum atomic E-state index is -3.72. The van der Waals surface area contributed by atoms with Crippen LogP contribution in [-0.2, 0) is 14.8 Å². The fourth-order valence-corrected chi connectivity index (χ4v) is 4.35. The van der Waals surface area contributed by atoms with Crippen molar-refractivity contribution in [1.29, 1.82) is 0 Å². The first kappa shape index (κ1) is 17.3. The Morgan fingerprint density at radius 3 is 2.67 bits per heavy atom. The Bertz CT molecular complexity index is 693. The summed E-state index contributed by atoms with van der Waals surface area (Å²) in [5.41, 5.74) is 0. The fourth-order valence-electron chi connectivity index (χ4n) is 3.32. The topological polar surface area (TPSA) is 78.5 Å². The van der Waals surface area contributed by atoms with Gasteiger partial charge in [-0.1, -0.05) is 0 Å². The lowest BCUT2D eigenvalue weighted by molar-refractivity contribution is -0.131. The molecule has 0 saturated carbocycles. The van der Waals surface area contributed by atoms with Gasteiger partial charge in [-0.3, -0.25) is 4.79 Å². The first-order chi connectivity index (χ1) is 11.4. The van der Waals surface area contributed by atoms with Crippen LogP contribution in [0, 0.1) is 5.82 Å². The highest BCUT2D eigenvalue weighted by molar-refractivity contribution is 7.89. The monoisotopic (exact) mass is 355 g/mol. The minimum absolute atomic E-state index is 0.00682.